The summed E-state index contributed by atoms with van der Waals surface area (Å²) in [5.41, 5.74) is 8.18. The highest BCUT2D eigenvalue weighted by atomic mass is 35.5. The van der Waals surface area contributed by atoms with Crippen LogP contribution in [0.25, 0.3) is 5.57 Å². The Balaban J connectivity index is 1.79. The summed E-state index contributed by atoms with van der Waals surface area (Å²) in [4.78, 5) is 2.42. The van der Waals surface area contributed by atoms with E-state index in [1.54, 1.807) is 6.21 Å². The van der Waals surface area contributed by atoms with Gasteiger partial charge in [0.1, 0.15) is 0 Å². The van der Waals surface area contributed by atoms with E-state index in [9.17, 15) is 0 Å². The van der Waals surface area contributed by atoms with Gasteiger partial charge in [-0.05, 0) is 69.2 Å². The number of anilines is 2. The second-order valence-corrected chi connectivity index (χ2v) is 8.53. The summed E-state index contributed by atoms with van der Waals surface area (Å²) in [7, 11) is 0. The first-order chi connectivity index (χ1) is 13.8. The third-order valence-electron chi connectivity index (χ3n) is 4.94. The van der Waals surface area contributed by atoms with E-state index in [2.05, 4.69) is 60.6 Å². The second kappa shape index (κ2) is 8.97. The lowest BCUT2D eigenvalue weighted by atomic mass is 9.88. The molecule has 6 heteroatoms. The molecule has 29 heavy (non-hydrogen) atoms. The fraction of sp³-hybridized carbons (Fsp3) is 0.304. The fourth-order valence-electron chi connectivity index (χ4n) is 3.69. The standard InChI is InChI=1S/C23H27ClN4S/c1-5-11-28-21-13-20(24)17(12-19(21)16(2)14-23(28,3)4)15-25-27-22(29)26-18-9-7-6-8-10-18/h6-10,12-15H,5,11H2,1-4H3,(H2,26,27,29)/b25-15+. The van der Waals surface area contributed by atoms with Crippen LogP contribution in [0.5, 0.6) is 0 Å². The number of para-hydroxylation sites is 1. The SMILES string of the molecule is CCCN1c2cc(Cl)c(/C=N/NC(=S)Nc3ccccc3)cc2C(C)=CC1(C)C. The number of hydrazone groups is 1. The first-order valence-electron chi connectivity index (χ1n) is 9.78. The number of nitrogens with zero attached hydrogens (tertiary/aromatic N) is 2. The Hall–Kier alpha value is -2.37. The molecule has 1 aliphatic rings. The van der Waals surface area contributed by atoms with E-state index in [0.717, 1.165) is 24.2 Å². The molecule has 0 spiro atoms. The monoisotopic (exact) mass is 426 g/mol. The lowest BCUT2D eigenvalue weighted by molar-refractivity contribution is 0.550. The minimum Gasteiger partial charge on any atom is -0.362 e. The summed E-state index contributed by atoms with van der Waals surface area (Å²) >= 11 is 11.9. The maximum atomic E-state index is 6.60. The van der Waals surface area contributed by atoms with Crippen LogP contribution in [0.4, 0.5) is 11.4 Å². The molecular formula is C23H27ClN4S. The summed E-state index contributed by atoms with van der Waals surface area (Å²) in [6.07, 6.45) is 5.10. The zero-order valence-electron chi connectivity index (χ0n) is 17.3. The van der Waals surface area contributed by atoms with Crippen molar-refractivity contribution < 1.29 is 0 Å². The van der Waals surface area contributed by atoms with Gasteiger partial charge in [0.2, 0.25) is 0 Å². The van der Waals surface area contributed by atoms with Gasteiger partial charge < -0.3 is 10.2 Å². The van der Waals surface area contributed by atoms with Gasteiger partial charge in [0.05, 0.1) is 16.8 Å². The lowest BCUT2D eigenvalue weighted by Gasteiger charge is -2.43. The highest BCUT2D eigenvalue weighted by Gasteiger charge is 2.31. The van der Waals surface area contributed by atoms with Gasteiger partial charge in [0.25, 0.3) is 0 Å². The minimum absolute atomic E-state index is 0.0388. The van der Waals surface area contributed by atoms with Gasteiger partial charge in [-0.2, -0.15) is 5.10 Å². The van der Waals surface area contributed by atoms with E-state index in [-0.39, 0.29) is 5.54 Å². The summed E-state index contributed by atoms with van der Waals surface area (Å²) in [6.45, 7) is 9.80. The zero-order valence-corrected chi connectivity index (χ0v) is 18.9. The van der Waals surface area contributed by atoms with Gasteiger partial charge in [-0.25, -0.2) is 0 Å². The van der Waals surface area contributed by atoms with Crippen LogP contribution in [0.1, 0.15) is 45.2 Å². The minimum atomic E-state index is -0.0388. The van der Waals surface area contributed by atoms with Crippen LogP contribution in [-0.4, -0.2) is 23.4 Å². The van der Waals surface area contributed by atoms with Crippen molar-refractivity contribution in [2.24, 2.45) is 5.10 Å². The predicted molar refractivity (Wildman–Crippen MR) is 130 cm³/mol. The molecule has 0 saturated carbocycles. The normalized spacial score (nSPS) is 15.1. The maximum absolute atomic E-state index is 6.60. The Morgan fingerprint density at radius 1 is 1.24 bits per heavy atom. The van der Waals surface area contributed by atoms with Gasteiger partial charge in [-0.3, -0.25) is 5.43 Å². The number of halogens is 1. The fourth-order valence-corrected chi connectivity index (χ4v) is 4.06. The Labute approximate surface area is 183 Å². The molecule has 0 saturated heterocycles. The molecular weight excluding hydrogens is 400 g/mol. The molecule has 1 aliphatic heterocycles. The molecule has 0 aliphatic carbocycles. The van der Waals surface area contributed by atoms with Crippen molar-refractivity contribution in [2.75, 3.05) is 16.8 Å². The zero-order chi connectivity index (χ0) is 21.0. The van der Waals surface area contributed by atoms with E-state index in [1.165, 1.54) is 16.8 Å². The van der Waals surface area contributed by atoms with Gasteiger partial charge in [0, 0.05) is 29.0 Å². The average Bonchev–Trinajstić information content (AvgIpc) is 2.66. The topological polar surface area (TPSA) is 39.7 Å². The molecule has 0 aromatic heterocycles. The predicted octanol–water partition coefficient (Wildman–Crippen LogP) is 6.07. The van der Waals surface area contributed by atoms with Crippen molar-refractivity contribution in [3.8, 4) is 0 Å². The second-order valence-electron chi connectivity index (χ2n) is 7.71. The average molecular weight is 427 g/mol. The molecule has 1 heterocycles. The first kappa shape index (κ1) is 21.3. The molecule has 3 rings (SSSR count). The Morgan fingerprint density at radius 3 is 2.66 bits per heavy atom. The third-order valence-corrected chi connectivity index (χ3v) is 5.47. The summed E-state index contributed by atoms with van der Waals surface area (Å²) in [5, 5.41) is 8.44. The van der Waals surface area contributed by atoms with E-state index < -0.39 is 0 Å². The molecule has 2 aromatic rings. The maximum Gasteiger partial charge on any atom is 0.191 e. The number of fused-ring (bicyclic) bond motifs is 1. The third kappa shape index (κ3) is 4.98. The van der Waals surface area contributed by atoms with Gasteiger partial charge in [0.15, 0.2) is 5.11 Å². The summed E-state index contributed by atoms with van der Waals surface area (Å²) < 4.78 is 0. The van der Waals surface area contributed by atoms with Crippen LogP contribution in [0.15, 0.2) is 53.6 Å². The van der Waals surface area contributed by atoms with Crippen molar-refractivity contribution in [3.05, 3.63) is 64.7 Å². The van der Waals surface area contributed by atoms with Gasteiger partial charge >= 0.3 is 0 Å². The van der Waals surface area contributed by atoms with Gasteiger partial charge in [-0.15, -0.1) is 0 Å². The summed E-state index contributed by atoms with van der Waals surface area (Å²) in [6, 6.07) is 13.9. The highest BCUT2D eigenvalue weighted by Crippen LogP contribution is 2.41. The molecule has 0 radical (unpaired) electrons. The highest BCUT2D eigenvalue weighted by molar-refractivity contribution is 7.80. The van der Waals surface area contributed by atoms with Crippen LogP contribution in [0, 0.1) is 0 Å². The number of hydrogen-bond acceptors (Lipinski definition) is 3. The van der Waals surface area contributed by atoms with Crippen molar-refractivity contribution in [3.63, 3.8) is 0 Å². The molecule has 2 N–H and O–H groups in total. The molecule has 0 bridgehead atoms. The molecule has 4 nitrogen and oxygen atoms in total. The largest absolute Gasteiger partial charge is 0.362 e. The van der Waals surface area contributed by atoms with Crippen LogP contribution in [0.2, 0.25) is 5.02 Å². The van der Waals surface area contributed by atoms with E-state index in [1.807, 2.05) is 36.4 Å². The number of rotatable bonds is 5. The Morgan fingerprint density at radius 2 is 1.97 bits per heavy atom. The number of hydrogen-bond donors (Lipinski definition) is 2. The quantitative estimate of drug-likeness (QED) is 0.345. The van der Waals surface area contributed by atoms with Crippen molar-refractivity contribution in [2.45, 2.75) is 39.7 Å². The van der Waals surface area contributed by atoms with Crippen LogP contribution in [0.3, 0.4) is 0 Å². The number of allylic oxidation sites excluding steroid dienone is 1. The number of benzene rings is 2. The van der Waals surface area contributed by atoms with Crippen LogP contribution >= 0.6 is 23.8 Å². The van der Waals surface area contributed by atoms with Crippen molar-refractivity contribution in [1.29, 1.82) is 0 Å². The van der Waals surface area contributed by atoms with Crippen LogP contribution in [-0.2, 0) is 0 Å². The Bertz CT molecular complexity index is 951. The molecule has 0 fully saturated rings. The first-order valence-corrected chi connectivity index (χ1v) is 10.6. The van der Waals surface area contributed by atoms with E-state index >= 15 is 0 Å². The van der Waals surface area contributed by atoms with E-state index in [0.29, 0.717) is 10.1 Å². The van der Waals surface area contributed by atoms with Crippen molar-refractivity contribution >= 4 is 52.1 Å². The molecule has 152 valence electrons. The smallest absolute Gasteiger partial charge is 0.191 e. The number of nitrogens with one attached hydrogen (secondary N) is 2. The summed E-state index contributed by atoms with van der Waals surface area (Å²) in [5.74, 6) is 0. The number of thiocarbonyl (C=S) groups is 1. The van der Waals surface area contributed by atoms with E-state index in [4.69, 9.17) is 23.8 Å². The molecule has 0 amide bonds. The Kier molecular flexibility index (Phi) is 6.60. The van der Waals surface area contributed by atoms with Gasteiger partial charge in [-0.1, -0.05) is 42.8 Å². The lowest BCUT2D eigenvalue weighted by Crippen LogP contribution is -2.45. The molecule has 0 atom stereocenters. The van der Waals surface area contributed by atoms with Crippen LogP contribution < -0.4 is 15.6 Å². The molecule has 0 unspecified atom stereocenters. The van der Waals surface area contributed by atoms with Crippen molar-refractivity contribution in [1.82, 2.24) is 5.43 Å². The molecule has 2 aromatic carbocycles.